The number of halogens is 1. The van der Waals surface area contributed by atoms with Crippen molar-refractivity contribution < 1.29 is 37.4 Å². The van der Waals surface area contributed by atoms with E-state index in [-0.39, 0.29) is 23.4 Å². The Balaban J connectivity index is 1.39. The standard InChI is InChI=1S/C30H38FN6O7P/c1-18(27(39)41-15-29(2,3)4)36-45(40,44-21-13-9-11-19-10-7-8-12-20(19)21)42-14-22-24(38)30(5,31)28(43-22)37-17-35-23-25(32-6)33-16-34-26(23)37/h7-13,16-18,22,24,28,38H,14-15H2,1-6H3,(H,36,40)(H,32,33,34)/t18-,22-,24-,28-,30-,45?/m1/s1. The number of alkyl halides is 1. The van der Waals surface area contributed by atoms with E-state index in [0.717, 1.165) is 5.39 Å². The minimum Gasteiger partial charge on any atom is -0.464 e. The number of rotatable bonds is 11. The van der Waals surface area contributed by atoms with Crippen LogP contribution in [0, 0.1) is 5.41 Å². The maximum Gasteiger partial charge on any atom is 0.459 e. The van der Waals surface area contributed by atoms with E-state index >= 15 is 4.39 Å². The van der Waals surface area contributed by atoms with Gasteiger partial charge in [0.2, 0.25) is 0 Å². The summed E-state index contributed by atoms with van der Waals surface area (Å²) in [5.41, 5.74) is -1.95. The molecule has 0 amide bonds. The molecule has 45 heavy (non-hydrogen) atoms. The predicted octanol–water partition coefficient (Wildman–Crippen LogP) is 4.78. The zero-order valence-electron chi connectivity index (χ0n) is 25.9. The van der Waals surface area contributed by atoms with Crippen LogP contribution in [0.5, 0.6) is 5.75 Å². The Morgan fingerprint density at radius 2 is 1.93 bits per heavy atom. The zero-order valence-corrected chi connectivity index (χ0v) is 26.8. The number of nitrogens with zero attached hydrogens (tertiary/aromatic N) is 4. The number of aliphatic hydroxyl groups is 1. The predicted molar refractivity (Wildman–Crippen MR) is 165 cm³/mol. The minimum atomic E-state index is -4.38. The molecule has 3 heterocycles. The number of carbonyl (C=O) groups excluding carboxylic acids is 1. The lowest BCUT2D eigenvalue weighted by Gasteiger charge is -2.26. The number of fused-ring (bicyclic) bond motifs is 2. The Bertz CT molecular complexity index is 1720. The molecule has 4 aromatic rings. The second-order valence-corrected chi connectivity index (χ2v) is 14.0. The van der Waals surface area contributed by atoms with Gasteiger partial charge in [-0.2, -0.15) is 5.09 Å². The number of esters is 1. The van der Waals surface area contributed by atoms with E-state index < -0.39 is 50.5 Å². The van der Waals surface area contributed by atoms with Crippen molar-refractivity contribution in [2.75, 3.05) is 25.6 Å². The summed E-state index contributed by atoms with van der Waals surface area (Å²) in [6.07, 6.45) is -1.70. The number of ether oxygens (including phenoxy) is 2. The molecular weight excluding hydrogens is 606 g/mol. The molecule has 0 bridgehead atoms. The third-order valence-electron chi connectivity index (χ3n) is 7.29. The van der Waals surface area contributed by atoms with Crippen molar-refractivity contribution in [3.05, 3.63) is 55.1 Å². The Labute approximate surface area is 260 Å². The Morgan fingerprint density at radius 3 is 2.67 bits per heavy atom. The first-order chi connectivity index (χ1) is 21.2. The van der Waals surface area contributed by atoms with Crippen molar-refractivity contribution in [2.45, 2.75) is 64.8 Å². The van der Waals surface area contributed by atoms with Gasteiger partial charge in [-0.25, -0.2) is 23.9 Å². The summed E-state index contributed by atoms with van der Waals surface area (Å²) in [7, 11) is -2.72. The number of hydrogen-bond donors (Lipinski definition) is 3. The highest BCUT2D eigenvalue weighted by molar-refractivity contribution is 7.52. The molecule has 1 unspecified atom stereocenters. The molecule has 0 spiro atoms. The van der Waals surface area contributed by atoms with E-state index in [9.17, 15) is 14.5 Å². The fraction of sp³-hybridized carbons (Fsp3) is 0.467. The summed E-state index contributed by atoms with van der Waals surface area (Å²) in [6, 6.07) is 11.4. The van der Waals surface area contributed by atoms with Gasteiger partial charge < -0.3 is 24.4 Å². The van der Waals surface area contributed by atoms with Crippen LogP contribution >= 0.6 is 7.75 Å². The van der Waals surface area contributed by atoms with Gasteiger partial charge in [0, 0.05) is 12.4 Å². The van der Waals surface area contributed by atoms with Crippen LogP contribution in [-0.2, 0) is 23.4 Å². The number of benzene rings is 2. The van der Waals surface area contributed by atoms with Gasteiger partial charge in [-0.15, -0.1) is 0 Å². The fourth-order valence-corrected chi connectivity index (χ4v) is 6.45. The zero-order chi connectivity index (χ0) is 32.6. The van der Waals surface area contributed by atoms with Crippen LogP contribution in [0.15, 0.2) is 55.1 Å². The maximum atomic E-state index is 16.1. The van der Waals surface area contributed by atoms with E-state index in [1.807, 2.05) is 39.0 Å². The van der Waals surface area contributed by atoms with E-state index in [0.29, 0.717) is 16.7 Å². The third kappa shape index (κ3) is 6.95. The first-order valence-corrected chi connectivity index (χ1v) is 16.0. The molecule has 1 saturated heterocycles. The molecule has 1 aliphatic rings. The van der Waals surface area contributed by atoms with Gasteiger partial charge in [-0.3, -0.25) is 13.9 Å². The van der Waals surface area contributed by atoms with Gasteiger partial charge in [0.25, 0.3) is 0 Å². The molecule has 0 radical (unpaired) electrons. The van der Waals surface area contributed by atoms with Crippen LogP contribution < -0.4 is 14.9 Å². The Morgan fingerprint density at radius 1 is 1.20 bits per heavy atom. The molecular formula is C30H38FN6O7P. The number of nitrogens with one attached hydrogen (secondary N) is 2. The highest BCUT2D eigenvalue weighted by atomic mass is 31.2. The molecule has 3 N–H and O–H groups in total. The first-order valence-electron chi connectivity index (χ1n) is 14.5. The molecule has 2 aromatic carbocycles. The van der Waals surface area contributed by atoms with Crippen LogP contribution in [0.2, 0.25) is 0 Å². The second-order valence-electron chi connectivity index (χ2n) is 12.3. The van der Waals surface area contributed by atoms with Crippen molar-refractivity contribution in [1.82, 2.24) is 24.6 Å². The van der Waals surface area contributed by atoms with Crippen LogP contribution in [0.25, 0.3) is 21.9 Å². The number of hydrogen-bond acceptors (Lipinski definition) is 11. The van der Waals surface area contributed by atoms with Gasteiger partial charge in [0.1, 0.15) is 35.8 Å². The molecule has 2 aromatic heterocycles. The minimum absolute atomic E-state index is 0.134. The van der Waals surface area contributed by atoms with Gasteiger partial charge >= 0.3 is 13.7 Å². The highest BCUT2D eigenvalue weighted by Crippen LogP contribution is 2.49. The number of aromatic nitrogens is 4. The van der Waals surface area contributed by atoms with Gasteiger partial charge in [-0.05, 0) is 30.7 Å². The summed E-state index contributed by atoms with van der Waals surface area (Å²) in [6.45, 7) is 7.96. The number of anilines is 1. The van der Waals surface area contributed by atoms with Crippen molar-refractivity contribution >= 4 is 41.5 Å². The van der Waals surface area contributed by atoms with E-state index in [1.165, 1.54) is 31.1 Å². The third-order valence-corrected chi connectivity index (χ3v) is 8.92. The fourth-order valence-electron chi connectivity index (χ4n) is 4.93. The summed E-state index contributed by atoms with van der Waals surface area (Å²) >= 11 is 0. The Hall–Kier alpha value is -3.68. The van der Waals surface area contributed by atoms with Crippen LogP contribution in [-0.4, -0.2) is 74.8 Å². The van der Waals surface area contributed by atoms with Crippen molar-refractivity contribution in [2.24, 2.45) is 5.41 Å². The Kier molecular flexibility index (Phi) is 9.16. The lowest BCUT2D eigenvalue weighted by molar-refractivity contribution is -0.148. The SMILES string of the molecule is CNc1ncnc2c1ncn2[C@@H]1O[C@H](COP(=O)(N[C@H](C)C(=O)OCC(C)(C)C)Oc2cccc3ccccc23)[C@@H](O)[C@@]1(C)F. The lowest BCUT2D eigenvalue weighted by Crippen LogP contribution is -2.41. The van der Waals surface area contributed by atoms with E-state index in [4.69, 9.17) is 18.5 Å². The molecule has 13 nitrogen and oxygen atoms in total. The molecule has 1 aliphatic heterocycles. The summed E-state index contributed by atoms with van der Waals surface area (Å²) in [5.74, 6) is -0.00518. The number of carbonyl (C=O) groups is 1. The molecule has 15 heteroatoms. The quantitative estimate of drug-likeness (QED) is 0.152. The van der Waals surface area contributed by atoms with Gasteiger partial charge in [0.15, 0.2) is 23.4 Å². The first kappa shape index (κ1) is 32.7. The molecule has 1 fully saturated rings. The van der Waals surface area contributed by atoms with Crippen LogP contribution in [0.4, 0.5) is 10.2 Å². The van der Waals surface area contributed by atoms with Crippen LogP contribution in [0.3, 0.4) is 0 Å². The van der Waals surface area contributed by atoms with E-state index in [2.05, 4.69) is 25.4 Å². The summed E-state index contributed by atoms with van der Waals surface area (Å²) < 4.78 is 54.9. The summed E-state index contributed by atoms with van der Waals surface area (Å²) in [5, 5.41) is 18.0. The monoisotopic (exact) mass is 644 g/mol. The highest BCUT2D eigenvalue weighted by Gasteiger charge is 2.56. The topological polar surface area (TPSA) is 159 Å². The molecule has 5 rings (SSSR count). The van der Waals surface area contributed by atoms with E-state index in [1.54, 1.807) is 31.3 Å². The average Bonchev–Trinajstić information content (AvgIpc) is 3.52. The number of imidazole rings is 1. The molecule has 0 saturated carbocycles. The molecule has 0 aliphatic carbocycles. The van der Waals surface area contributed by atoms with Gasteiger partial charge in [-0.1, -0.05) is 57.2 Å². The normalized spacial score (nSPS) is 24.0. The largest absolute Gasteiger partial charge is 0.464 e. The van der Waals surface area contributed by atoms with Crippen molar-refractivity contribution in [3.8, 4) is 5.75 Å². The van der Waals surface area contributed by atoms with Gasteiger partial charge in [0.05, 0.1) is 19.5 Å². The second kappa shape index (κ2) is 12.6. The number of aliphatic hydroxyl groups excluding tert-OH is 1. The van der Waals surface area contributed by atoms with Crippen molar-refractivity contribution in [3.63, 3.8) is 0 Å². The lowest BCUT2D eigenvalue weighted by atomic mass is 9.98. The average molecular weight is 645 g/mol. The maximum absolute atomic E-state index is 16.1. The molecule has 6 atom stereocenters. The summed E-state index contributed by atoms with van der Waals surface area (Å²) in [4.78, 5) is 25.4. The smallest absolute Gasteiger partial charge is 0.459 e. The van der Waals surface area contributed by atoms with Crippen molar-refractivity contribution in [1.29, 1.82) is 0 Å². The molecule has 242 valence electrons. The van der Waals surface area contributed by atoms with Crippen LogP contribution in [0.1, 0.15) is 40.8 Å².